The number of hydrogen-bond donors (Lipinski definition) is 1. The maximum atomic E-state index is 4.75. The Kier molecular flexibility index (Phi) is 3.66. The molecular weight excluding hydrogens is 234 g/mol. The molecule has 0 aliphatic heterocycles. The minimum absolute atomic E-state index is 0.516. The number of hydrogen-bond acceptors (Lipinski definition) is 2. The monoisotopic (exact) mass is 261 g/mol. The third kappa shape index (κ3) is 2.45. The molecule has 4 unspecified atom stereocenters. The van der Waals surface area contributed by atoms with E-state index in [-0.39, 0.29) is 0 Å². The molecule has 3 nitrogen and oxygen atoms in total. The van der Waals surface area contributed by atoms with Crippen LogP contribution in [0.1, 0.15) is 51.3 Å². The first-order chi connectivity index (χ1) is 9.24. The van der Waals surface area contributed by atoms with Gasteiger partial charge in [0.05, 0.1) is 5.69 Å². The Morgan fingerprint density at radius 1 is 1.42 bits per heavy atom. The number of fused-ring (bicyclic) bond motifs is 1. The highest BCUT2D eigenvalue weighted by Crippen LogP contribution is 2.59. The van der Waals surface area contributed by atoms with E-state index in [0.717, 1.165) is 30.6 Å². The van der Waals surface area contributed by atoms with Gasteiger partial charge in [-0.15, -0.1) is 0 Å². The van der Waals surface area contributed by atoms with Crippen molar-refractivity contribution >= 4 is 0 Å². The van der Waals surface area contributed by atoms with E-state index in [1.54, 1.807) is 0 Å². The normalized spacial score (nSPS) is 32.1. The molecule has 2 fully saturated rings. The number of rotatable bonds is 6. The van der Waals surface area contributed by atoms with E-state index in [2.05, 4.69) is 43.2 Å². The molecule has 0 aromatic carbocycles. The summed E-state index contributed by atoms with van der Waals surface area (Å²) >= 11 is 0. The highest BCUT2D eigenvalue weighted by atomic mass is 15.3. The Bertz CT molecular complexity index is 415. The van der Waals surface area contributed by atoms with Crippen molar-refractivity contribution in [2.45, 2.75) is 58.0 Å². The fourth-order valence-corrected chi connectivity index (χ4v) is 4.05. The SMILES string of the molecule is CCC(C)n1ccc(CC(NC)C2C3CCCC32)n1. The smallest absolute Gasteiger partial charge is 0.0640 e. The van der Waals surface area contributed by atoms with E-state index < -0.39 is 0 Å². The van der Waals surface area contributed by atoms with E-state index in [4.69, 9.17) is 5.10 Å². The zero-order valence-electron chi connectivity index (χ0n) is 12.5. The summed E-state index contributed by atoms with van der Waals surface area (Å²) in [5, 5.41) is 8.29. The Morgan fingerprint density at radius 3 is 2.79 bits per heavy atom. The molecule has 2 aliphatic carbocycles. The molecule has 19 heavy (non-hydrogen) atoms. The number of nitrogens with one attached hydrogen (secondary N) is 1. The summed E-state index contributed by atoms with van der Waals surface area (Å²) in [6.45, 7) is 4.45. The van der Waals surface area contributed by atoms with Crippen LogP contribution in [0.2, 0.25) is 0 Å². The van der Waals surface area contributed by atoms with Crippen LogP contribution < -0.4 is 5.32 Å². The van der Waals surface area contributed by atoms with E-state index in [1.165, 1.54) is 25.0 Å². The van der Waals surface area contributed by atoms with Gasteiger partial charge in [-0.3, -0.25) is 4.68 Å². The highest BCUT2D eigenvalue weighted by Gasteiger charge is 2.55. The highest BCUT2D eigenvalue weighted by molar-refractivity contribution is 5.10. The summed E-state index contributed by atoms with van der Waals surface area (Å²) in [6.07, 6.45) is 8.78. The Morgan fingerprint density at radius 2 is 2.16 bits per heavy atom. The Hall–Kier alpha value is -0.830. The molecule has 106 valence electrons. The fraction of sp³-hybridized carbons (Fsp3) is 0.812. The van der Waals surface area contributed by atoms with Gasteiger partial charge in [0.25, 0.3) is 0 Å². The lowest BCUT2D eigenvalue weighted by molar-refractivity contribution is 0.418. The van der Waals surface area contributed by atoms with Gasteiger partial charge in [-0.1, -0.05) is 13.3 Å². The van der Waals surface area contributed by atoms with Crippen LogP contribution in [-0.4, -0.2) is 22.9 Å². The van der Waals surface area contributed by atoms with Crippen molar-refractivity contribution in [3.63, 3.8) is 0 Å². The molecule has 4 atom stereocenters. The van der Waals surface area contributed by atoms with Crippen molar-refractivity contribution in [3.05, 3.63) is 18.0 Å². The van der Waals surface area contributed by atoms with Crippen LogP contribution in [0.3, 0.4) is 0 Å². The fourth-order valence-electron chi connectivity index (χ4n) is 4.05. The van der Waals surface area contributed by atoms with Crippen LogP contribution in [0.15, 0.2) is 12.3 Å². The van der Waals surface area contributed by atoms with Crippen molar-refractivity contribution in [3.8, 4) is 0 Å². The van der Waals surface area contributed by atoms with Gasteiger partial charge in [0.15, 0.2) is 0 Å². The molecule has 0 saturated heterocycles. The molecule has 3 heteroatoms. The summed E-state index contributed by atoms with van der Waals surface area (Å²) < 4.78 is 2.12. The molecule has 0 spiro atoms. The van der Waals surface area contributed by atoms with Crippen LogP contribution in [0.5, 0.6) is 0 Å². The van der Waals surface area contributed by atoms with Crippen LogP contribution >= 0.6 is 0 Å². The van der Waals surface area contributed by atoms with Crippen LogP contribution in [0.4, 0.5) is 0 Å². The van der Waals surface area contributed by atoms with Crippen molar-refractivity contribution in [1.29, 1.82) is 0 Å². The standard InChI is InChI=1S/C16H27N3/c1-4-11(2)19-9-8-12(18-19)10-15(17-3)16-13-6-5-7-14(13)16/h8-9,11,13-17H,4-7,10H2,1-3H3. The summed E-state index contributed by atoms with van der Waals surface area (Å²) in [6, 6.07) is 3.35. The van der Waals surface area contributed by atoms with Gasteiger partial charge in [-0.2, -0.15) is 5.10 Å². The summed E-state index contributed by atoms with van der Waals surface area (Å²) in [7, 11) is 2.12. The minimum atomic E-state index is 0.516. The van der Waals surface area contributed by atoms with Crippen LogP contribution in [0, 0.1) is 17.8 Å². The summed E-state index contributed by atoms with van der Waals surface area (Å²) in [5.74, 6) is 2.97. The zero-order chi connectivity index (χ0) is 13.4. The molecule has 0 amide bonds. The van der Waals surface area contributed by atoms with Crippen LogP contribution in [-0.2, 0) is 6.42 Å². The molecule has 0 radical (unpaired) electrons. The van der Waals surface area contributed by atoms with Crippen molar-refractivity contribution < 1.29 is 0 Å². The second kappa shape index (κ2) is 5.28. The van der Waals surface area contributed by atoms with E-state index in [0.29, 0.717) is 12.1 Å². The third-order valence-corrected chi connectivity index (χ3v) is 5.44. The van der Waals surface area contributed by atoms with Gasteiger partial charge >= 0.3 is 0 Å². The van der Waals surface area contributed by atoms with Gasteiger partial charge < -0.3 is 5.32 Å². The first-order valence-corrected chi connectivity index (χ1v) is 7.96. The maximum Gasteiger partial charge on any atom is 0.0640 e. The average Bonchev–Trinajstić information content (AvgIpc) is 2.86. The molecule has 1 aromatic heterocycles. The third-order valence-electron chi connectivity index (χ3n) is 5.44. The quantitative estimate of drug-likeness (QED) is 0.853. The van der Waals surface area contributed by atoms with Crippen LogP contribution in [0.25, 0.3) is 0 Å². The molecular formula is C16H27N3. The summed E-state index contributed by atoms with van der Waals surface area (Å²) in [5.41, 5.74) is 1.25. The van der Waals surface area contributed by atoms with Crippen molar-refractivity contribution in [1.82, 2.24) is 15.1 Å². The van der Waals surface area contributed by atoms with Gasteiger partial charge in [0.2, 0.25) is 0 Å². The second-order valence-electron chi connectivity index (χ2n) is 6.48. The number of likely N-dealkylation sites (N-methyl/N-ethyl adjacent to an activating group) is 1. The second-order valence-corrected chi connectivity index (χ2v) is 6.48. The lowest BCUT2D eigenvalue weighted by Gasteiger charge is -2.17. The molecule has 1 aromatic rings. The van der Waals surface area contributed by atoms with Gasteiger partial charge in [-0.05, 0) is 57.1 Å². The molecule has 1 heterocycles. The lowest BCUT2D eigenvalue weighted by atomic mass is 10.00. The molecule has 2 saturated carbocycles. The number of aromatic nitrogens is 2. The first-order valence-electron chi connectivity index (χ1n) is 7.96. The van der Waals surface area contributed by atoms with Crippen molar-refractivity contribution in [2.24, 2.45) is 17.8 Å². The predicted molar refractivity (Wildman–Crippen MR) is 78.1 cm³/mol. The molecule has 3 rings (SSSR count). The predicted octanol–water partition coefficient (Wildman–Crippen LogP) is 3.03. The average molecular weight is 261 g/mol. The van der Waals surface area contributed by atoms with E-state index >= 15 is 0 Å². The molecule has 1 N–H and O–H groups in total. The van der Waals surface area contributed by atoms with Crippen molar-refractivity contribution in [2.75, 3.05) is 7.05 Å². The topological polar surface area (TPSA) is 29.9 Å². The first kappa shape index (κ1) is 13.2. The minimum Gasteiger partial charge on any atom is -0.316 e. The summed E-state index contributed by atoms with van der Waals surface area (Å²) in [4.78, 5) is 0. The maximum absolute atomic E-state index is 4.75. The van der Waals surface area contributed by atoms with E-state index in [9.17, 15) is 0 Å². The van der Waals surface area contributed by atoms with Gasteiger partial charge in [0, 0.05) is 24.7 Å². The van der Waals surface area contributed by atoms with E-state index in [1.807, 2.05) is 0 Å². The Labute approximate surface area is 116 Å². The number of nitrogens with zero attached hydrogens (tertiary/aromatic N) is 2. The lowest BCUT2D eigenvalue weighted by Crippen LogP contribution is -2.31. The molecule has 0 bridgehead atoms. The largest absolute Gasteiger partial charge is 0.316 e. The van der Waals surface area contributed by atoms with Gasteiger partial charge in [-0.25, -0.2) is 0 Å². The van der Waals surface area contributed by atoms with Gasteiger partial charge in [0.1, 0.15) is 0 Å². The Balaban J connectivity index is 1.61. The zero-order valence-corrected chi connectivity index (χ0v) is 12.5. The molecule has 2 aliphatic rings.